The van der Waals surface area contributed by atoms with Crippen molar-refractivity contribution in [2.75, 3.05) is 19.6 Å². The van der Waals surface area contributed by atoms with Gasteiger partial charge in [-0.2, -0.15) is 5.10 Å². The molecule has 114 valence electrons. The number of hydrogen-bond acceptors (Lipinski definition) is 3. The summed E-state index contributed by atoms with van der Waals surface area (Å²) < 4.78 is 1.92. The molecule has 5 nitrogen and oxygen atoms in total. The van der Waals surface area contributed by atoms with E-state index in [0.717, 1.165) is 38.9 Å². The van der Waals surface area contributed by atoms with Gasteiger partial charge >= 0.3 is 0 Å². The molecule has 0 bridgehead atoms. The Kier molecular flexibility index (Phi) is 7.62. The van der Waals surface area contributed by atoms with E-state index in [2.05, 4.69) is 22.7 Å². The molecular formula is C14H25ClN4O. The van der Waals surface area contributed by atoms with Gasteiger partial charge in [0.2, 0.25) is 0 Å². The van der Waals surface area contributed by atoms with Crippen molar-refractivity contribution in [3.05, 3.63) is 18.0 Å². The highest BCUT2D eigenvalue weighted by molar-refractivity contribution is 5.92. The summed E-state index contributed by atoms with van der Waals surface area (Å²) in [6.07, 6.45) is 7.57. The molecule has 1 unspecified atom stereocenters. The third-order valence-electron chi connectivity index (χ3n) is 3.55. The van der Waals surface area contributed by atoms with Crippen LogP contribution in [0.3, 0.4) is 0 Å². The fraction of sp³-hybridized carbons (Fsp3) is 0.714. The molecule has 20 heavy (non-hydrogen) atoms. The van der Waals surface area contributed by atoms with Gasteiger partial charge in [0.1, 0.15) is 5.69 Å². The molecule has 0 aliphatic carbocycles. The Morgan fingerprint density at radius 1 is 1.55 bits per heavy atom. The van der Waals surface area contributed by atoms with Crippen LogP contribution in [0.4, 0.5) is 0 Å². The zero-order chi connectivity index (χ0) is 13.5. The Morgan fingerprint density at radius 3 is 3.10 bits per heavy atom. The summed E-state index contributed by atoms with van der Waals surface area (Å²) in [7, 11) is 0. The minimum absolute atomic E-state index is 0. The molecule has 0 saturated carbocycles. The normalized spacial score (nSPS) is 18.4. The first-order chi connectivity index (χ1) is 9.31. The summed E-state index contributed by atoms with van der Waals surface area (Å²) in [5.41, 5.74) is 0.530. The number of piperidine rings is 1. The van der Waals surface area contributed by atoms with Gasteiger partial charge in [-0.1, -0.05) is 19.8 Å². The molecule has 0 spiro atoms. The van der Waals surface area contributed by atoms with Crippen molar-refractivity contribution in [2.24, 2.45) is 0 Å². The van der Waals surface area contributed by atoms with Crippen LogP contribution in [-0.2, 0) is 0 Å². The summed E-state index contributed by atoms with van der Waals surface area (Å²) in [4.78, 5) is 11.9. The maximum Gasteiger partial charge on any atom is 0.271 e. The molecule has 1 aliphatic rings. The van der Waals surface area contributed by atoms with Crippen LogP contribution >= 0.6 is 12.4 Å². The van der Waals surface area contributed by atoms with Crippen molar-refractivity contribution in [1.29, 1.82) is 0 Å². The average molecular weight is 301 g/mol. The van der Waals surface area contributed by atoms with Crippen molar-refractivity contribution in [2.45, 2.75) is 45.1 Å². The molecular weight excluding hydrogens is 276 g/mol. The fourth-order valence-electron chi connectivity index (χ4n) is 2.39. The zero-order valence-electron chi connectivity index (χ0n) is 12.1. The minimum Gasteiger partial charge on any atom is -0.351 e. The van der Waals surface area contributed by atoms with Crippen LogP contribution in [0.15, 0.2) is 12.3 Å². The average Bonchev–Trinajstić information content (AvgIpc) is 2.94. The molecule has 1 aromatic rings. The quantitative estimate of drug-likeness (QED) is 0.792. The van der Waals surface area contributed by atoms with Crippen molar-refractivity contribution in [3.8, 4) is 0 Å². The number of carbonyl (C=O) groups is 1. The lowest BCUT2D eigenvalue weighted by Crippen LogP contribution is -2.32. The second kappa shape index (κ2) is 8.97. The van der Waals surface area contributed by atoms with Crippen molar-refractivity contribution in [1.82, 2.24) is 20.4 Å². The molecule has 6 heteroatoms. The van der Waals surface area contributed by atoms with Gasteiger partial charge < -0.3 is 10.6 Å². The van der Waals surface area contributed by atoms with Crippen LogP contribution < -0.4 is 10.6 Å². The predicted molar refractivity (Wildman–Crippen MR) is 82.5 cm³/mol. The van der Waals surface area contributed by atoms with Crippen molar-refractivity contribution >= 4 is 18.3 Å². The molecule has 2 N–H and O–H groups in total. The third-order valence-corrected chi connectivity index (χ3v) is 3.55. The third kappa shape index (κ3) is 4.80. The second-order valence-corrected chi connectivity index (χ2v) is 5.14. The first-order valence-electron chi connectivity index (χ1n) is 7.35. The molecule has 2 rings (SSSR count). The van der Waals surface area contributed by atoms with Gasteiger partial charge in [0.15, 0.2) is 0 Å². The number of carbonyl (C=O) groups excluding carboxylic acids is 1. The van der Waals surface area contributed by atoms with E-state index in [4.69, 9.17) is 0 Å². The number of unbranched alkanes of at least 4 members (excludes halogenated alkanes) is 2. The van der Waals surface area contributed by atoms with Crippen LogP contribution in [0.25, 0.3) is 0 Å². The number of halogens is 1. The first-order valence-corrected chi connectivity index (χ1v) is 7.35. The topological polar surface area (TPSA) is 59.0 Å². The van der Waals surface area contributed by atoms with Crippen LogP contribution in [0, 0.1) is 0 Å². The van der Waals surface area contributed by atoms with Crippen LogP contribution in [0.1, 0.15) is 55.6 Å². The standard InChI is InChI=1S/C14H24N4O.ClH/c1-2-3-4-9-16-14(19)13-7-10-18(17-13)12-6-5-8-15-11-12;/h7,10,12,15H,2-6,8-9,11H2,1H3,(H,16,19);1H. The smallest absolute Gasteiger partial charge is 0.271 e. The fourth-order valence-corrected chi connectivity index (χ4v) is 2.39. The highest BCUT2D eigenvalue weighted by Crippen LogP contribution is 2.15. The lowest BCUT2D eigenvalue weighted by atomic mass is 10.1. The SMILES string of the molecule is CCCCCNC(=O)c1ccn(C2CCCNC2)n1.Cl. The Morgan fingerprint density at radius 2 is 2.40 bits per heavy atom. The Bertz CT molecular complexity index is 402. The molecule has 1 atom stereocenters. The molecule has 0 aromatic carbocycles. The Labute approximate surface area is 126 Å². The van der Waals surface area contributed by atoms with Crippen molar-refractivity contribution in [3.63, 3.8) is 0 Å². The minimum atomic E-state index is -0.0568. The van der Waals surface area contributed by atoms with E-state index in [1.165, 1.54) is 12.8 Å². The lowest BCUT2D eigenvalue weighted by molar-refractivity contribution is 0.0946. The molecule has 0 radical (unpaired) electrons. The van der Waals surface area contributed by atoms with Gasteiger partial charge in [-0.25, -0.2) is 0 Å². The van der Waals surface area contributed by atoms with Crippen LogP contribution in [0.2, 0.25) is 0 Å². The van der Waals surface area contributed by atoms with E-state index >= 15 is 0 Å². The number of aromatic nitrogens is 2. The maximum absolute atomic E-state index is 11.9. The summed E-state index contributed by atoms with van der Waals surface area (Å²) in [5, 5.41) is 10.7. The van der Waals surface area contributed by atoms with Gasteiger partial charge in [0.05, 0.1) is 6.04 Å². The number of rotatable bonds is 6. The van der Waals surface area contributed by atoms with Gasteiger partial charge in [-0.15, -0.1) is 12.4 Å². The van der Waals surface area contributed by atoms with Crippen molar-refractivity contribution < 1.29 is 4.79 Å². The molecule has 1 aliphatic heterocycles. The monoisotopic (exact) mass is 300 g/mol. The Balaban J connectivity index is 0.00000200. The summed E-state index contributed by atoms with van der Waals surface area (Å²) >= 11 is 0. The highest BCUT2D eigenvalue weighted by Gasteiger charge is 2.17. The first kappa shape index (κ1) is 17.0. The van der Waals surface area contributed by atoms with Gasteiger partial charge in [0.25, 0.3) is 5.91 Å². The summed E-state index contributed by atoms with van der Waals surface area (Å²) in [5.74, 6) is -0.0568. The van der Waals surface area contributed by atoms with Gasteiger partial charge in [-0.3, -0.25) is 9.48 Å². The second-order valence-electron chi connectivity index (χ2n) is 5.14. The number of hydrogen-bond donors (Lipinski definition) is 2. The van der Waals surface area contributed by atoms with Gasteiger partial charge in [-0.05, 0) is 31.9 Å². The lowest BCUT2D eigenvalue weighted by Gasteiger charge is -2.22. The largest absolute Gasteiger partial charge is 0.351 e. The Hall–Kier alpha value is -1.07. The molecule has 1 aromatic heterocycles. The van der Waals surface area contributed by atoms with E-state index in [1.54, 1.807) is 0 Å². The number of nitrogens with one attached hydrogen (secondary N) is 2. The van der Waals surface area contributed by atoms with Crippen LogP contribution in [0.5, 0.6) is 0 Å². The molecule has 1 fully saturated rings. The summed E-state index contributed by atoms with van der Waals surface area (Å²) in [6, 6.07) is 2.19. The molecule has 1 saturated heterocycles. The number of nitrogens with zero attached hydrogens (tertiary/aromatic N) is 2. The number of amides is 1. The van der Waals surface area contributed by atoms with Crippen LogP contribution in [-0.4, -0.2) is 35.3 Å². The summed E-state index contributed by atoms with van der Waals surface area (Å²) in [6.45, 7) is 4.92. The molecule has 1 amide bonds. The van der Waals surface area contributed by atoms with E-state index in [1.807, 2.05) is 16.9 Å². The van der Waals surface area contributed by atoms with Gasteiger partial charge in [0, 0.05) is 19.3 Å². The van der Waals surface area contributed by atoms with E-state index in [-0.39, 0.29) is 18.3 Å². The molecule has 2 heterocycles. The van der Waals surface area contributed by atoms with E-state index in [9.17, 15) is 4.79 Å². The zero-order valence-corrected chi connectivity index (χ0v) is 12.9. The highest BCUT2D eigenvalue weighted by atomic mass is 35.5. The predicted octanol–water partition coefficient (Wildman–Crippen LogP) is 2.15. The maximum atomic E-state index is 11.9. The van der Waals surface area contributed by atoms with E-state index < -0.39 is 0 Å². The van der Waals surface area contributed by atoms with E-state index in [0.29, 0.717) is 11.7 Å².